The highest BCUT2D eigenvalue weighted by molar-refractivity contribution is 6.33. The predicted molar refractivity (Wildman–Crippen MR) is 130 cm³/mol. The lowest BCUT2D eigenvalue weighted by molar-refractivity contribution is -0.128. The van der Waals surface area contributed by atoms with Crippen LogP contribution in [0, 0.1) is 18.8 Å². The first kappa shape index (κ1) is 23.5. The molecule has 0 saturated carbocycles. The number of hydrogen-bond acceptors (Lipinski definition) is 5. The molecule has 2 aromatic carbocycles. The van der Waals surface area contributed by atoms with E-state index in [-0.39, 0.29) is 17.9 Å². The summed E-state index contributed by atoms with van der Waals surface area (Å²) >= 11 is 6.25. The number of carbonyl (C=O) groups excluding carboxylic acids is 1. The number of nitrogens with one attached hydrogen (secondary N) is 1. The molecule has 7 heteroatoms. The Bertz CT molecular complexity index is 1100. The molecule has 2 atom stereocenters. The molecule has 174 valence electrons. The van der Waals surface area contributed by atoms with Crippen molar-refractivity contribution in [2.24, 2.45) is 11.8 Å². The second-order valence-electron chi connectivity index (χ2n) is 9.15. The zero-order valence-electron chi connectivity index (χ0n) is 19.4. The van der Waals surface area contributed by atoms with Crippen LogP contribution in [0.5, 0.6) is 0 Å². The van der Waals surface area contributed by atoms with Crippen molar-refractivity contribution in [1.29, 1.82) is 0 Å². The van der Waals surface area contributed by atoms with Crippen molar-refractivity contribution < 1.29 is 9.32 Å². The van der Waals surface area contributed by atoms with Crippen molar-refractivity contribution in [2.45, 2.75) is 46.2 Å². The largest absolute Gasteiger partial charge is 0.349 e. The molecule has 1 aromatic heterocycles. The molecule has 0 radical (unpaired) electrons. The molecule has 4 rings (SSSR count). The van der Waals surface area contributed by atoms with E-state index in [4.69, 9.17) is 16.1 Å². The van der Waals surface area contributed by atoms with E-state index in [1.807, 2.05) is 36.4 Å². The van der Waals surface area contributed by atoms with Gasteiger partial charge in [-0.15, -0.1) is 0 Å². The summed E-state index contributed by atoms with van der Waals surface area (Å²) in [5.74, 6) is 1.38. The number of aromatic nitrogens is 2. The lowest BCUT2D eigenvalue weighted by Gasteiger charge is -2.33. The number of rotatable bonds is 7. The van der Waals surface area contributed by atoms with Gasteiger partial charge in [-0.3, -0.25) is 9.69 Å². The van der Waals surface area contributed by atoms with Crippen molar-refractivity contribution >= 4 is 17.5 Å². The zero-order valence-corrected chi connectivity index (χ0v) is 20.2. The van der Waals surface area contributed by atoms with Gasteiger partial charge in [0, 0.05) is 12.1 Å². The molecule has 0 bridgehead atoms. The highest BCUT2D eigenvalue weighted by Gasteiger charge is 2.29. The summed E-state index contributed by atoms with van der Waals surface area (Å²) < 4.78 is 5.48. The van der Waals surface area contributed by atoms with E-state index in [1.165, 1.54) is 11.1 Å². The molecular formula is C26H31ClN4O2. The van der Waals surface area contributed by atoms with Gasteiger partial charge in [0.15, 0.2) is 0 Å². The van der Waals surface area contributed by atoms with Gasteiger partial charge < -0.3 is 9.84 Å². The predicted octanol–water partition coefficient (Wildman–Crippen LogP) is 5.42. The van der Waals surface area contributed by atoms with Gasteiger partial charge >= 0.3 is 0 Å². The van der Waals surface area contributed by atoms with Crippen molar-refractivity contribution in [1.82, 2.24) is 20.4 Å². The molecule has 0 spiro atoms. The first-order valence-corrected chi connectivity index (χ1v) is 12.0. The summed E-state index contributed by atoms with van der Waals surface area (Å²) in [6.45, 7) is 8.49. The maximum Gasteiger partial charge on any atom is 0.241 e. The minimum absolute atomic E-state index is 0.00296. The average molecular weight is 467 g/mol. The number of benzene rings is 2. The summed E-state index contributed by atoms with van der Waals surface area (Å²) in [6.07, 6.45) is 1.84. The van der Waals surface area contributed by atoms with Gasteiger partial charge in [-0.25, -0.2) is 0 Å². The fourth-order valence-electron chi connectivity index (χ4n) is 4.49. The molecule has 6 nitrogen and oxygen atoms in total. The number of amides is 1. The molecule has 1 fully saturated rings. The van der Waals surface area contributed by atoms with E-state index in [1.54, 1.807) is 0 Å². The Balaban J connectivity index is 1.40. The third-order valence-corrected chi connectivity index (χ3v) is 6.64. The van der Waals surface area contributed by atoms with E-state index in [2.05, 4.69) is 53.3 Å². The number of nitrogens with zero attached hydrogens (tertiary/aromatic N) is 3. The minimum Gasteiger partial charge on any atom is -0.349 e. The second-order valence-corrected chi connectivity index (χ2v) is 9.56. The Labute approximate surface area is 200 Å². The second kappa shape index (κ2) is 10.5. The zero-order chi connectivity index (χ0) is 23.4. The molecule has 1 aliphatic rings. The normalized spacial score (nSPS) is 17.8. The van der Waals surface area contributed by atoms with Crippen molar-refractivity contribution in [2.75, 3.05) is 13.1 Å². The third kappa shape index (κ3) is 5.63. The molecule has 1 N–H and O–H groups in total. The van der Waals surface area contributed by atoms with Crippen LogP contribution in [-0.4, -0.2) is 34.0 Å². The monoisotopic (exact) mass is 466 g/mol. The van der Waals surface area contributed by atoms with Crippen LogP contribution >= 0.6 is 11.6 Å². The van der Waals surface area contributed by atoms with Crippen molar-refractivity contribution in [3.8, 4) is 11.4 Å². The van der Waals surface area contributed by atoms with Crippen LogP contribution in [0.1, 0.15) is 49.7 Å². The molecular weight excluding hydrogens is 436 g/mol. The van der Waals surface area contributed by atoms with Crippen LogP contribution in [0.15, 0.2) is 53.1 Å². The summed E-state index contributed by atoms with van der Waals surface area (Å²) in [4.78, 5) is 20.0. The van der Waals surface area contributed by atoms with E-state index < -0.39 is 0 Å². The van der Waals surface area contributed by atoms with Crippen LogP contribution < -0.4 is 5.32 Å². The van der Waals surface area contributed by atoms with Gasteiger partial charge in [-0.05, 0) is 55.5 Å². The maximum absolute atomic E-state index is 13.2. The van der Waals surface area contributed by atoms with Gasteiger partial charge in [-0.2, -0.15) is 4.98 Å². The van der Waals surface area contributed by atoms with Gasteiger partial charge in [0.25, 0.3) is 0 Å². The lowest BCUT2D eigenvalue weighted by atomic mass is 9.91. The third-order valence-electron chi connectivity index (χ3n) is 6.31. The van der Waals surface area contributed by atoms with Gasteiger partial charge in [0.1, 0.15) is 0 Å². The molecule has 1 aliphatic heterocycles. The number of carbonyl (C=O) groups is 1. The fraction of sp³-hybridized carbons (Fsp3) is 0.423. The summed E-state index contributed by atoms with van der Waals surface area (Å²) in [6, 6.07) is 15.7. The minimum atomic E-state index is -0.0602. The Morgan fingerprint density at radius 1 is 1.21 bits per heavy atom. The van der Waals surface area contributed by atoms with E-state index in [0.717, 1.165) is 24.9 Å². The number of aryl methyl sites for hydroxylation is 1. The molecule has 0 aliphatic carbocycles. The highest BCUT2D eigenvalue weighted by atomic mass is 35.5. The van der Waals surface area contributed by atoms with E-state index in [0.29, 0.717) is 35.7 Å². The van der Waals surface area contributed by atoms with E-state index >= 15 is 0 Å². The van der Waals surface area contributed by atoms with E-state index in [9.17, 15) is 4.79 Å². The quantitative estimate of drug-likeness (QED) is 0.503. The topological polar surface area (TPSA) is 71.3 Å². The average Bonchev–Trinajstić information content (AvgIpc) is 3.26. The van der Waals surface area contributed by atoms with Gasteiger partial charge in [-0.1, -0.05) is 67.0 Å². The molecule has 2 unspecified atom stereocenters. The van der Waals surface area contributed by atoms with Crippen LogP contribution in [0.3, 0.4) is 0 Å². The Morgan fingerprint density at radius 2 is 1.97 bits per heavy atom. The van der Waals surface area contributed by atoms with Crippen LogP contribution in [-0.2, 0) is 11.3 Å². The number of likely N-dealkylation sites (tertiary alicyclic amines) is 1. The van der Waals surface area contributed by atoms with Crippen molar-refractivity contribution in [3.63, 3.8) is 0 Å². The summed E-state index contributed by atoms with van der Waals surface area (Å²) in [5.41, 5.74) is 3.14. The molecule has 3 aromatic rings. The number of halogens is 1. The molecule has 2 heterocycles. The first-order valence-electron chi connectivity index (χ1n) is 11.6. The SMILES string of the molecule is Cc1ccccc1C(NC(=O)C1CCCN(Cc2nc(-c3ccccc3Cl)no2)C1)C(C)C. The standard InChI is InChI=1S/C26H31ClN4O2/c1-17(2)24(20-11-5-4-9-18(20)3)29-26(32)19-10-8-14-31(15-19)16-23-28-25(30-33-23)21-12-6-7-13-22(21)27/h4-7,9,11-13,17,19,24H,8,10,14-16H2,1-3H3,(H,29,32). The maximum atomic E-state index is 13.2. The fourth-order valence-corrected chi connectivity index (χ4v) is 4.71. The van der Waals surface area contributed by atoms with Gasteiger partial charge in [0.05, 0.1) is 23.5 Å². The van der Waals surface area contributed by atoms with Crippen LogP contribution in [0.25, 0.3) is 11.4 Å². The van der Waals surface area contributed by atoms with Crippen molar-refractivity contribution in [3.05, 3.63) is 70.6 Å². The Kier molecular flexibility index (Phi) is 7.46. The Hall–Kier alpha value is -2.70. The first-order chi connectivity index (χ1) is 15.9. The highest BCUT2D eigenvalue weighted by Crippen LogP contribution is 2.28. The Morgan fingerprint density at radius 3 is 2.73 bits per heavy atom. The number of hydrogen-bond donors (Lipinski definition) is 1. The molecule has 33 heavy (non-hydrogen) atoms. The van der Waals surface area contributed by atoms with Gasteiger partial charge in [0.2, 0.25) is 17.6 Å². The summed E-state index contributed by atoms with van der Waals surface area (Å²) in [7, 11) is 0. The van der Waals surface area contributed by atoms with Crippen LogP contribution in [0.2, 0.25) is 5.02 Å². The summed E-state index contributed by atoms with van der Waals surface area (Å²) in [5, 5.41) is 8.01. The number of piperidine rings is 1. The smallest absolute Gasteiger partial charge is 0.241 e. The van der Waals surface area contributed by atoms with Crippen LogP contribution in [0.4, 0.5) is 0 Å². The lowest BCUT2D eigenvalue weighted by Crippen LogP contribution is -2.44. The molecule has 1 saturated heterocycles. The molecule has 1 amide bonds.